The third kappa shape index (κ3) is 2.94. The van der Waals surface area contributed by atoms with Crippen molar-refractivity contribution in [3.63, 3.8) is 0 Å². The summed E-state index contributed by atoms with van der Waals surface area (Å²) in [6.45, 7) is 9.25. The highest BCUT2D eigenvalue weighted by atomic mass is 79.9. The predicted octanol–water partition coefficient (Wildman–Crippen LogP) is 4.66. The number of halogens is 1. The van der Waals surface area contributed by atoms with E-state index in [9.17, 15) is 0 Å². The van der Waals surface area contributed by atoms with Crippen molar-refractivity contribution in [1.82, 2.24) is 4.98 Å². The fourth-order valence-electron chi connectivity index (χ4n) is 3.21. The van der Waals surface area contributed by atoms with Crippen LogP contribution < -0.4 is 5.73 Å². The number of aromatic nitrogens is 1. The number of allylic oxidation sites excluding steroid dienone is 2. The summed E-state index contributed by atoms with van der Waals surface area (Å²) in [5.41, 5.74) is 9.71. The van der Waals surface area contributed by atoms with Crippen molar-refractivity contribution < 1.29 is 0 Å². The average molecular weight is 309 g/mol. The van der Waals surface area contributed by atoms with Gasteiger partial charge >= 0.3 is 0 Å². The molecule has 3 heteroatoms. The summed E-state index contributed by atoms with van der Waals surface area (Å²) in [4.78, 5) is 4.30. The Morgan fingerprint density at radius 2 is 1.94 bits per heavy atom. The van der Waals surface area contributed by atoms with E-state index in [-0.39, 0.29) is 5.41 Å². The lowest BCUT2D eigenvalue weighted by atomic mass is 9.66. The van der Waals surface area contributed by atoms with Crippen molar-refractivity contribution in [2.75, 3.05) is 5.73 Å². The zero-order valence-electron chi connectivity index (χ0n) is 11.5. The van der Waals surface area contributed by atoms with E-state index in [1.54, 1.807) is 0 Å². The van der Waals surface area contributed by atoms with Crippen LogP contribution in [0.4, 0.5) is 5.69 Å². The Hall–Kier alpha value is -0.830. The van der Waals surface area contributed by atoms with E-state index >= 15 is 0 Å². The van der Waals surface area contributed by atoms with Gasteiger partial charge in [0.05, 0.1) is 5.69 Å². The fraction of sp³-hybridized carbons (Fsp3) is 0.533. The van der Waals surface area contributed by atoms with E-state index in [0.29, 0.717) is 11.1 Å². The van der Waals surface area contributed by atoms with Gasteiger partial charge in [-0.1, -0.05) is 33.8 Å². The first-order valence-electron chi connectivity index (χ1n) is 6.32. The van der Waals surface area contributed by atoms with Crippen LogP contribution in [0.5, 0.6) is 0 Å². The molecule has 1 aromatic heterocycles. The fourth-order valence-corrected chi connectivity index (χ4v) is 3.43. The molecule has 2 nitrogen and oxygen atoms in total. The highest BCUT2D eigenvalue weighted by Gasteiger charge is 2.33. The number of nitrogens with two attached hydrogens (primary N) is 1. The molecule has 0 saturated heterocycles. The van der Waals surface area contributed by atoms with E-state index in [1.165, 1.54) is 12.0 Å². The summed E-state index contributed by atoms with van der Waals surface area (Å²) in [6.07, 6.45) is 6.58. The zero-order valence-corrected chi connectivity index (χ0v) is 13.1. The number of pyridine rings is 1. The normalized spacial score (nSPS) is 21.5. The molecule has 1 aliphatic carbocycles. The lowest BCUT2D eigenvalue weighted by molar-refractivity contribution is 0.229. The van der Waals surface area contributed by atoms with Gasteiger partial charge in [0.1, 0.15) is 4.60 Å². The first kappa shape index (κ1) is 13.6. The second kappa shape index (κ2) is 4.37. The minimum Gasteiger partial charge on any atom is -0.397 e. The highest BCUT2D eigenvalue weighted by molar-refractivity contribution is 9.10. The van der Waals surface area contributed by atoms with E-state index in [4.69, 9.17) is 5.73 Å². The van der Waals surface area contributed by atoms with Gasteiger partial charge in [0.2, 0.25) is 0 Å². The van der Waals surface area contributed by atoms with Crippen molar-refractivity contribution in [3.05, 3.63) is 28.5 Å². The van der Waals surface area contributed by atoms with Gasteiger partial charge in [-0.05, 0) is 56.8 Å². The Morgan fingerprint density at radius 3 is 2.50 bits per heavy atom. The predicted molar refractivity (Wildman–Crippen MR) is 81.1 cm³/mol. The lowest BCUT2D eigenvalue weighted by Crippen LogP contribution is -2.26. The average Bonchev–Trinajstić information content (AvgIpc) is 2.17. The standard InChI is InChI=1S/C15H21BrN2/c1-14(2)6-11(7-15(3,4)9-14)10-5-12(17)13(16)18-8-10/h5-6,8H,7,9,17H2,1-4H3. The van der Waals surface area contributed by atoms with Crippen LogP contribution in [0.3, 0.4) is 0 Å². The van der Waals surface area contributed by atoms with E-state index in [0.717, 1.165) is 16.6 Å². The molecular weight excluding hydrogens is 288 g/mol. The van der Waals surface area contributed by atoms with Crippen LogP contribution in [-0.2, 0) is 0 Å². The Bertz CT molecular complexity index is 501. The minimum absolute atomic E-state index is 0.235. The number of hydrogen-bond donors (Lipinski definition) is 1. The number of nitrogen functional groups attached to an aromatic ring is 1. The van der Waals surface area contributed by atoms with Gasteiger partial charge < -0.3 is 5.73 Å². The molecule has 0 saturated carbocycles. The number of hydrogen-bond acceptors (Lipinski definition) is 2. The van der Waals surface area contributed by atoms with Crippen molar-refractivity contribution in [1.29, 1.82) is 0 Å². The van der Waals surface area contributed by atoms with E-state index in [2.05, 4.69) is 54.7 Å². The molecule has 0 aromatic carbocycles. The van der Waals surface area contributed by atoms with Crippen molar-refractivity contribution >= 4 is 27.2 Å². The van der Waals surface area contributed by atoms with Gasteiger partial charge in [-0.2, -0.15) is 0 Å². The number of rotatable bonds is 1. The maximum absolute atomic E-state index is 5.93. The second-order valence-electron chi connectivity index (χ2n) is 6.78. The molecule has 1 aliphatic rings. The third-order valence-electron chi connectivity index (χ3n) is 3.41. The van der Waals surface area contributed by atoms with Crippen LogP contribution in [0, 0.1) is 10.8 Å². The summed E-state index contributed by atoms with van der Waals surface area (Å²) in [7, 11) is 0. The Morgan fingerprint density at radius 1 is 1.28 bits per heavy atom. The minimum atomic E-state index is 0.235. The summed E-state index contributed by atoms with van der Waals surface area (Å²) < 4.78 is 0.723. The molecule has 1 heterocycles. The Kier molecular flexibility index (Phi) is 3.30. The molecular formula is C15H21BrN2. The van der Waals surface area contributed by atoms with Crippen molar-refractivity contribution in [2.45, 2.75) is 40.5 Å². The van der Waals surface area contributed by atoms with Crippen LogP contribution in [-0.4, -0.2) is 4.98 Å². The molecule has 18 heavy (non-hydrogen) atoms. The molecule has 0 amide bonds. The molecule has 0 radical (unpaired) electrons. The molecule has 0 spiro atoms. The molecule has 0 atom stereocenters. The summed E-state index contributed by atoms with van der Waals surface area (Å²) in [5.74, 6) is 0. The van der Waals surface area contributed by atoms with Crippen LogP contribution in [0.15, 0.2) is 22.9 Å². The van der Waals surface area contributed by atoms with Gasteiger partial charge in [0.15, 0.2) is 0 Å². The summed E-state index contributed by atoms with van der Waals surface area (Å²) in [6, 6.07) is 2.01. The molecule has 98 valence electrons. The van der Waals surface area contributed by atoms with Crippen LogP contribution in [0.2, 0.25) is 0 Å². The van der Waals surface area contributed by atoms with Crippen LogP contribution in [0.25, 0.3) is 5.57 Å². The quantitative estimate of drug-likeness (QED) is 0.767. The maximum atomic E-state index is 5.93. The van der Waals surface area contributed by atoms with Gasteiger partial charge in [-0.25, -0.2) is 4.98 Å². The smallest absolute Gasteiger partial charge is 0.128 e. The lowest BCUT2D eigenvalue weighted by Gasteiger charge is -2.39. The van der Waals surface area contributed by atoms with E-state index < -0.39 is 0 Å². The van der Waals surface area contributed by atoms with Gasteiger partial charge in [-0.15, -0.1) is 0 Å². The molecule has 0 bridgehead atoms. The SMILES string of the molecule is CC1(C)C=C(c2cnc(Br)c(N)c2)CC(C)(C)C1. The summed E-state index contributed by atoms with van der Waals surface area (Å²) in [5, 5.41) is 0. The Balaban J connectivity index is 2.43. The number of nitrogens with zero attached hydrogens (tertiary/aromatic N) is 1. The molecule has 1 aromatic rings. The zero-order chi connectivity index (χ0) is 13.6. The molecule has 0 fully saturated rings. The van der Waals surface area contributed by atoms with Crippen molar-refractivity contribution in [3.8, 4) is 0 Å². The van der Waals surface area contributed by atoms with E-state index in [1.807, 2.05) is 12.3 Å². The van der Waals surface area contributed by atoms with Crippen molar-refractivity contribution in [2.24, 2.45) is 10.8 Å². The van der Waals surface area contributed by atoms with Gasteiger partial charge in [0, 0.05) is 6.20 Å². The highest BCUT2D eigenvalue weighted by Crippen LogP contribution is 2.47. The first-order chi connectivity index (χ1) is 8.19. The number of anilines is 1. The first-order valence-corrected chi connectivity index (χ1v) is 7.11. The third-order valence-corrected chi connectivity index (χ3v) is 4.07. The molecule has 2 rings (SSSR count). The van der Waals surface area contributed by atoms with Gasteiger partial charge in [0.25, 0.3) is 0 Å². The molecule has 0 aliphatic heterocycles. The van der Waals surface area contributed by atoms with Gasteiger partial charge in [-0.3, -0.25) is 0 Å². The largest absolute Gasteiger partial charge is 0.397 e. The second-order valence-corrected chi connectivity index (χ2v) is 7.53. The topological polar surface area (TPSA) is 38.9 Å². The monoisotopic (exact) mass is 308 g/mol. The summed E-state index contributed by atoms with van der Waals surface area (Å²) >= 11 is 3.34. The maximum Gasteiger partial charge on any atom is 0.128 e. The molecule has 2 N–H and O–H groups in total. The van der Waals surface area contributed by atoms with Crippen LogP contribution >= 0.6 is 15.9 Å². The van der Waals surface area contributed by atoms with Crippen LogP contribution in [0.1, 0.15) is 46.1 Å². The Labute approximate surface area is 118 Å². The molecule has 0 unspecified atom stereocenters.